The Kier molecular flexibility index (Phi) is 5.52. The lowest BCUT2D eigenvalue weighted by Crippen LogP contribution is -2.43. The molecule has 2 N–H and O–H groups in total. The summed E-state index contributed by atoms with van der Waals surface area (Å²) in [5.74, 6) is -0.991. The minimum Gasteiger partial charge on any atom is -0.483 e. The number of carbonyl (C=O) groups excluding carboxylic acids is 2. The van der Waals surface area contributed by atoms with Gasteiger partial charge < -0.3 is 4.74 Å². The van der Waals surface area contributed by atoms with Crippen LogP contribution in [0.25, 0.3) is 0 Å². The van der Waals surface area contributed by atoms with Gasteiger partial charge in [-0.3, -0.25) is 20.4 Å². The molecule has 0 saturated carbocycles. The maximum Gasteiger partial charge on any atom is 0.276 e. The van der Waals surface area contributed by atoms with E-state index in [0.717, 1.165) is 17.2 Å². The number of amides is 2. The summed E-state index contributed by atoms with van der Waals surface area (Å²) in [6, 6.07) is 9.77. The van der Waals surface area contributed by atoms with E-state index in [9.17, 15) is 14.0 Å². The fraction of sp³-hybridized carbons (Fsp3) is 0.222. The minimum absolute atomic E-state index is 0.119. The molecule has 0 radical (unpaired) electrons. The summed E-state index contributed by atoms with van der Waals surface area (Å²) in [4.78, 5) is 23.6. The number of hydrogen-bond acceptors (Lipinski definition) is 3. The van der Waals surface area contributed by atoms with Gasteiger partial charge in [0, 0.05) is 5.56 Å². The van der Waals surface area contributed by atoms with E-state index >= 15 is 0 Å². The van der Waals surface area contributed by atoms with Crippen LogP contribution in [0.5, 0.6) is 5.75 Å². The molecule has 0 aliphatic rings. The Morgan fingerprint density at radius 1 is 1.00 bits per heavy atom. The fourth-order valence-corrected chi connectivity index (χ4v) is 1.97. The quantitative estimate of drug-likeness (QED) is 0.847. The monoisotopic (exact) mass is 330 g/mol. The first-order chi connectivity index (χ1) is 11.4. The highest BCUT2D eigenvalue weighted by Gasteiger charge is 2.10. The first kappa shape index (κ1) is 17.5. The summed E-state index contributed by atoms with van der Waals surface area (Å²) in [5, 5.41) is 0. The van der Waals surface area contributed by atoms with E-state index in [4.69, 9.17) is 4.74 Å². The highest BCUT2D eigenvalue weighted by Crippen LogP contribution is 2.18. The zero-order valence-electron chi connectivity index (χ0n) is 13.8. The third kappa shape index (κ3) is 4.55. The number of hydrogen-bond donors (Lipinski definition) is 2. The normalized spacial score (nSPS) is 10.2. The molecule has 0 unspecified atom stereocenters. The highest BCUT2D eigenvalue weighted by atomic mass is 19.1. The smallest absolute Gasteiger partial charge is 0.276 e. The molecule has 2 rings (SSSR count). The van der Waals surface area contributed by atoms with Crippen LogP contribution in [-0.4, -0.2) is 18.4 Å². The van der Waals surface area contributed by atoms with E-state index in [2.05, 4.69) is 10.9 Å². The predicted octanol–water partition coefficient (Wildman–Crippen LogP) is 2.59. The lowest BCUT2D eigenvalue weighted by molar-refractivity contribution is -0.123. The van der Waals surface area contributed by atoms with Crippen molar-refractivity contribution in [3.63, 3.8) is 0 Å². The van der Waals surface area contributed by atoms with Gasteiger partial charge in [-0.1, -0.05) is 18.2 Å². The number of halogens is 1. The zero-order chi connectivity index (χ0) is 17.7. The maximum atomic E-state index is 13.4. The molecule has 0 heterocycles. The van der Waals surface area contributed by atoms with Gasteiger partial charge in [0.05, 0.1) is 0 Å². The van der Waals surface area contributed by atoms with E-state index in [-0.39, 0.29) is 12.2 Å². The molecule has 0 bridgehead atoms. The van der Waals surface area contributed by atoms with Crippen molar-refractivity contribution in [3.05, 3.63) is 64.5 Å². The molecular formula is C18H19FN2O3. The number of aryl methyl sites for hydroxylation is 3. The highest BCUT2D eigenvalue weighted by molar-refractivity contribution is 5.95. The van der Waals surface area contributed by atoms with Crippen LogP contribution in [-0.2, 0) is 4.79 Å². The summed E-state index contributed by atoms with van der Waals surface area (Å²) in [6.07, 6.45) is 0. The summed E-state index contributed by atoms with van der Waals surface area (Å²) in [6.45, 7) is 5.16. The Hall–Kier alpha value is -2.89. The number of nitrogens with one attached hydrogen (secondary N) is 2. The van der Waals surface area contributed by atoms with Crippen molar-refractivity contribution < 1.29 is 18.7 Å². The molecular weight excluding hydrogens is 311 g/mol. The first-order valence-corrected chi connectivity index (χ1v) is 7.42. The van der Waals surface area contributed by atoms with Crippen LogP contribution in [0.3, 0.4) is 0 Å². The van der Waals surface area contributed by atoms with Gasteiger partial charge in [0.15, 0.2) is 6.61 Å². The van der Waals surface area contributed by atoms with Crippen molar-refractivity contribution in [1.29, 1.82) is 0 Å². The summed E-state index contributed by atoms with van der Waals surface area (Å²) in [5.41, 5.74) is 6.95. The Morgan fingerprint density at radius 3 is 2.42 bits per heavy atom. The van der Waals surface area contributed by atoms with Gasteiger partial charge >= 0.3 is 0 Å². The third-order valence-electron chi connectivity index (χ3n) is 3.45. The van der Waals surface area contributed by atoms with Gasteiger partial charge in [-0.25, -0.2) is 4.39 Å². The second-order valence-electron chi connectivity index (χ2n) is 5.52. The lowest BCUT2D eigenvalue weighted by Gasteiger charge is -2.11. The summed E-state index contributed by atoms with van der Waals surface area (Å²) >= 11 is 0. The molecule has 0 aromatic heterocycles. The lowest BCUT2D eigenvalue weighted by atomic mass is 10.1. The Labute approximate surface area is 139 Å². The second kappa shape index (κ2) is 7.59. The summed E-state index contributed by atoms with van der Waals surface area (Å²) in [7, 11) is 0. The van der Waals surface area contributed by atoms with Crippen LogP contribution >= 0.6 is 0 Å². The number of benzene rings is 2. The van der Waals surface area contributed by atoms with Gasteiger partial charge in [-0.15, -0.1) is 0 Å². The number of ether oxygens (including phenoxy) is 1. The zero-order valence-corrected chi connectivity index (χ0v) is 13.8. The average molecular weight is 330 g/mol. The van der Waals surface area contributed by atoms with Crippen molar-refractivity contribution in [2.75, 3.05) is 6.61 Å². The molecule has 126 valence electrons. The molecule has 0 spiro atoms. The first-order valence-electron chi connectivity index (χ1n) is 7.42. The Balaban J connectivity index is 1.85. The van der Waals surface area contributed by atoms with E-state index in [1.165, 1.54) is 12.1 Å². The molecule has 6 heteroatoms. The van der Waals surface area contributed by atoms with Crippen molar-refractivity contribution in [2.45, 2.75) is 20.8 Å². The molecule has 0 atom stereocenters. The van der Waals surface area contributed by atoms with Crippen LogP contribution in [0.1, 0.15) is 27.0 Å². The van der Waals surface area contributed by atoms with Crippen LogP contribution in [0, 0.1) is 26.6 Å². The fourth-order valence-electron chi connectivity index (χ4n) is 1.97. The van der Waals surface area contributed by atoms with Crippen molar-refractivity contribution in [1.82, 2.24) is 10.9 Å². The minimum atomic E-state index is -0.603. The van der Waals surface area contributed by atoms with Crippen LogP contribution in [0.15, 0.2) is 36.4 Å². The van der Waals surface area contributed by atoms with E-state index in [1.54, 1.807) is 6.92 Å². The molecule has 0 fully saturated rings. The maximum absolute atomic E-state index is 13.4. The molecule has 2 aromatic rings. The van der Waals surface area contributed by atoms with E-state index in [1.807, 2.05) is 32.0 Å². The SMILES string of the molecule is Cc1ccc(C)c(OCC(=O)NNC(=O)c2ccc(C)c(F)c2)c1. The molecule has 2 aromatic carbocycles. The molecule has 24 heavy (non-hydrogen) atoms. The van der Waals surface area contributed by atoms with Crippen molar-refractivity contribution in [2.24, 2.45) is 0 Å². The largest absolute Gasteiger partial charge is 0.483 e. The average Bonchev–Trinajstić information content (AvgIpc) is 2.56. The number of rotatable bonds is 4. The van der Waals surface area contributed by atoms with Crippen molar-refractivity contribution >= 4 is 11.8 Å². The van der Waals surface area contributed by atoms with Gasteiger partial charge in [-0.2, -0.15) is 0 Å². The van der Waals surface area contributed by atoms with Crippen LogP contribution < -0.4 is 15.6 Å². The van der Waals surface area contributed by atoms with Gasteiger partial charge in [0.1, 0.15) is 11.6 Å². The van der Waals surface area contributed by atoms with E-state index in [0.29, 0.717) is 11.3 Å². The molecule has 0 aliphatic heterocycles. The van der Waals surface area contributed by atoms with Crippen molar-refractivity contribution in [3.8, 4) is 5.75 Å². The van der Waals surface area contributed by atoms with E-state index < -0.39 is 17.6 Å². The Morgan fingerprint density at radius 2 is 1.71 bits per heavy atom. The van der Waals surface area contributed by atoms with Gasteiger partial charge in [0.25, 0.3) is 11.8 Å². The summed E-state index contributed by atoms with van der Waals surface area (Å²) < 4.78 is 18.9. The molecule has 0 saturated heterocycles. The topological polar surface area (TPSA) is 67.4 Å². The molecule has 5 nitrogen and oxygen atoms in total. The van der Waals surface area contributed by atoms with Gasteiger partial charge in [0.2, 0.25) is 0 Å². The predicted molar refractivity (Wildman–Crippen MR) is 88.2 cm³/mol. The Bertz CT molecular complexity index is 775. The van der Waals surface area contributed by atoms with Crippen LogP contribution in [0.4, 0.5) is 4.39 Å². The number of hydrazine groups is 1. The third-order valence-corrected chi connectivity index (χ3v) is 3.45. The second-order valence-corrected chi connectivity index (χ2v) is 5.52. The van der Waals surface area contributed by atoms with Gasteiger partial charge in [-0.05, 0) is 55.7 Å². The molecule has 0 aliphatic carbocycles. The van der Waals surface area contributed by atoms with Crippen LogP contribution in [0.2, 0.25) is 0 Å². The number of carbonyl (C=O) groups is 2. The standard InChI is InChI=1S/C18H19FN2O3/c1-11-4-5-13(3)16(8-11)24-10-17(22)20-21-18(23)14-7-6-12(2)15(19)9-14/h4-9H,10H2,1-3H3,(H,20,22)(H,21,23). The molecule has 2 amide bonds.